The maximum atomic E-state index is 11.9. The molecule has 0 spiro atoms. The highest BCUT2D eigenvalue weighted by atomic mass is 127. The third-order valence-electron chi connectivity index (χ3n) is 3.88. The van der Waals surface area contributed by atoms with Crippen LogP contribution in [0.1, 0.15) is 18.1 Å². The van der Waals surface area contributed by atoms with E-state index in [9.17, 15) is 8.42 Å². The Morgan fingerprint density at radius 1 is 1.07 bits per heavy atom. The first-order valence-corrected chi connectivity index (χ1v) is 10.2. The van der Waals surface area contributed by atoms with Crippen molar-refractivity contribution >= 4 is 40.0 Å². The Labute approximate surface area is 184 Å². The number of aliphatic imine (C=N–C) groups is 1. The Hall–Kier alpha value is -1.85. The van der Waals surface area contributed by atoms with E-state index in [1.165, 1.54) is 7.05 Å². The fraction of sp³-hybridized carbons (Fsp3) is 0.316. The third-order valence-corrected chi connectivity index (χ3v) is 5.29. The monoisotopic (exact) mass is 518 g/mol. The van der Waals surface area contributed by atoms with Gasteiger partial charge in [-0.15, -0.1) is 24.0 Å². The van der Waals surface area contributed by atoms with Gasteiger partial charge in [0.05, 0.1) is 11.5 Å². The number of halogens is 1. The lowest BCUT2D eigenvalue weighted by atomic mass is 10.2. The number of rotatable bonds is 8. The molecule has 0 unspecified atom stereocenters. The maximum Gasteiger partial charge on any atom is 0.240 e. The summed E-state index contributed by atoms with van der Waals surface area (Å²) in [4.78, 5) is 4.44. The van der Waals surface area contributed by atoms with Gasteiger partial charge in [-0.1, -0.05) is 30.3 Å². The summed E-state index contributed by atoms with van der Waals surface area (Å²) in [5.74, 6) is 1.45. The van der Waals surface area contributed by atoms with Gasteiger partial charge in [0.15, 0.2) is 5.96 Å². The second-order valence-electron chi connectivity index (χ2n) is 5.68. The van der Waals surface area contributed by atoms with Crippen molar-refractivity contribution in [2.75, 3.05) is 20.7 Å². The Morgan fingerprint density at radius 3 is 2.46 bits per heavy atom. The molecule has 0 heterocycles. The van der Waals surface area contributed by atoms with Crippen LogP contribution in [0.2, 0.25) is 0 Å². The van der Waals surface area contributed by atoms with Crippen molar-refractivity contribution in [2.45, 2.75) is 24.9 Å². The molecule has 0 aromatic heterocycles. The summed E-state index contributed by atoms with van der Waals surface area (Å²) in [5.41, 5.74) is 1.87. The van der Waals surface area contributed by atoms with Crippen LogP contribution in [0, 0.1) is 0 Å². The summed E-state index contributed by atoms with van der Waals surface area (Å²) in [7, 11) is -0.378. The lowest BCUT2D eigenvalue weighted by Crippen LogP contribution is -2.36. The maximum absolute atomic E-state index is 11.9. The molecule has 0 aliphatic carbocycles. The molecule has 2 rings (SSSR count). The molecule has 0 aliphatic rings. The molecule has 3 N–H and O–H groups in total. The van der Waals surface area contributed by atoms with E-state index in [0.29, 0.717) is 25.7 Å². The number of hydrogen-bond acceptors (Lipinski definition) is 4. The van der Waals surface area contributed by atoms with E-state index >= 15 is 0 Å². The minimum absolute atomic E-state index is 0. The SMILES string of the molecule is CCOc1ccccc1CNC(=NC)NCc1cccc(S(=O)(=O)NC)c1.I. The molecule has 0 aliphatic heterocycles. The Bertz CT molecular complexity index is 888. The number of nitrogens with zero attached hydrogens (tertiary/aromatic N) is 1. The standard InChI is InChI=1S/C19H26N4O3S.HI/c1-4-26-18-11-6-5-9-16(18)14-23-19(20-2)22-13-15-8-7-10-17(12-15)27(24,25)21-3;/h5-12,21H,4,13-14H2,1-3H3,(H2,20,22,23);1H. The molecule has 0 bridgehead atoms. The van der Waals surface area contributed by atoms with E-state index in [1.807, 2.05) is 37.3 Å². The van der Waals surface area contributed by atoms with E-state index in [0.717, 1.165) is 16.9 Å². The van der Waals surface area contributed by atoms with Gasteiger partial charge in [0.1, 0.15) is 5.75 Å². The van der Waals surface area contributed by atoms with Gasteiger partial charge in [0.25, 0.3) is 0 Å². The predicted octanol–water partition coefficient (Wildman–Crippen LogP) is 2.48. The number of nitrogens with one attached hydrogen (secondary N) is 3. The number of benzene rings is 2. The quantitative estimate of drug-likeness (QED) is 0.284. The second kappa shape index (κ2) is 11.9. The van der Waals surface area contributed by atoms with Crippen LogP contribution in [0.5, 0.6) is 5.75 Å². The molecule has 28 heavy (non-hydrogen) atoms. The van der Waals surface area contributed by atoms with Gasteiger partial charge in [0, 0.05) is 25.7 Å². The second-order valence-corrected chi connectivity index (χ2v) is 7.56. The summed E-state index contributed by atoms with van der Waals surface area (Å²) in [6.07, 6.45) is 0. The van der Waals surface area contributed by atoms with Crippen molar-refractivity contribution in [3.05, 3.63) is 59.7 Å². The first-order valence-electron chi connectivity index (χ1n) is 8.68. The van der Waals surface area contributed by atoms with Crippen LogP contribution in [-0.2, 0) is 23.1 Å². The zero-order valence-electron chi connectivity index (χ0n) is 16.2. The van der Waals surface area contributed by atoms with Gasteiger partial charge in [-0.25, -0.2) is 13.1 Å². The number of guanidine groups is 1. The lowest BCUT2D eigenvalue weighted by Gasteiger charge is -2.14. The molecule has 2 aromatic rings. The molecule has 0 atom stereocenters. The van der Waals surface area contributed by atoms with Crippen molar-refractivity contribution in [3.63, 3.8) is 0 Å². The van der Waals surface area contributed by atoms with E-state index in [-0.39, 0.29) is 28.9 Å². The van der Waals surface area contributed by atoms with Gasteiger partial charge in [-0.3, -0.25) is 4.99 Å². The summed E-state index contributed by atoms with van der Waals surface area (Å²) < 4.78 is 31.8. The van der Waals surface area contributed by atoms with E-state index < -0.39 is 10.0 Å². The van der Waals surface area contributed by atoms with Crippen LogP contribution in [0.25, 0.3) is 0 Å². The highest BCUT2D eigenvalue weighted by Crippen LogP contribution is 2.17. The minimum atomic E-state index is -3.46. The van der Waals surface area contributed by atoms with Crippen LogP contribution < -0.4 is 20.1 Å². The Morgan fingerprint density at radius 2 is 1.79 bits per heavy atom. The molecule has 7 nitrogen and oxygen atoms in total. The third kappa shape index (κ3) is 6.95. The largest absolute Gasteiger partial charge is 0.494 e. The van der Waals surface area contributed by atoms with Crippen molar-refractivity contribution < 1.29 is 13.2 Å². The van der Waals surface area contributed by atoms with Crippen LogP contribution in [0.4, 0.5) is 0 Å². The number of ether oxygens (including phenoxy) is 1. The predicted molar refractivity (Wildman–Crippen MR) is 123 cm³/mol. The highest BCUT2D eigenvalue weighted by Gasteiger charge is 2.11. The molecule has 2 aromatic carbocycles. The smallest absolute Gasteiger partial charge is 0.240 e. The van der Waals surface area contributed by atoms with Crippen molar-refractivity contribution in [3.8, 4) is 5.75 Å². The lowest BCUT2D eigenvalue weighted by molar-refractivity contribution is 0.336. The Balaban J connectivity index is 0.00000392. The van der Waals surface area contributed by atoms with E-state index in [4.69, 9.17) is 4.74 Å². The van der Waals surface area contributed by atoms with Gasteiger partial charge in [-0.2, -0.15) is 0 Å². The van der Waals surface area contributed by atoms with Crippen LogP contribution in [0.15, 0.2) is 58.4 Å². The molecule has 0 saturated heterocycles. The van der Waals surface area contributed by atoms with Crippen molar-refractivity contribution in [2.24, 2.45) is 4.99 Å². The van der Waals surface area contributed by atoms with E-state index in [2.05, 4.69) is 20.3 Å². The van der Waals surface area contributed by atoms with Crippen LogP contribution in [0.3, 0.4) is 0 Å². The average Bonchev–Trinajstić information content (AvgIpc) is 2.69. The summed E-state index contributed by atoms with van der Waals surface area (Å²) in [6, 6.07) is 14.6. The molecule has 9 heteroatoms. The molecular weight excluding hydrogens is 491 g/mol. The first-order chi connectivity index (χ1) is 13.0. The highest BCUT2D eigenvalue weighted by molar-refractivity contribution is 14.0. The van der Waals surface area contributed by atoms with Gasteiger partial charge in [-0.05, 0) is 37.7 Å². The van der Waals surface area contributed by atoms with E-state index in [1.54, 1.807) is 25.2 Å². The Kier molecular flexibility index (Phi) is 10.3. The number of hydrogen-bond donors (Lipinski definition) is 3. The molecule has 154 valence electrons. The average molecular weight is 518 g/mol. The minimum Gasteiger partial charge on any atom is -0.494 e. The van der Waals surface area contributed by atoms with Gasteiger partial charge >= 0.3 is 0 Å². The molecule has 0 fully saturated rings. The molecule has 0 saturated carbocycles. The fourth-order valence-corrected chi connectivity index (χ4v) is 3.27. The first kappa shape index (κ1) is 24.2. The van der Waals surface area contributed by atoms with Gasteiger partial charge in [0.2, 0.25) is 10.0 Å². The molecule has 0 amide bonds. The molecule has 0 radical (unpaired) electrons. The van der Waals surface area contributed by atoms with Gasteiger partial charge < -0.3 is 15.4 Å². The topological polar surface area (TPSA) is 91.8 Å². The van der Waals surface area contributed by atoms with Crippen molar-refractivity contribution in [1.29, 1.82) is 0 Å². The zero-order chi connectivity index (χ0) is 19.7. The fourth-order valence-electron chi connectivity index (χ4n) is 2.47. The normalized spacial score (nSPS) is 11.5. The number of para-hydroxylation sites is 1. The van der Waals surface area contributed by atoms with Crippen molar-refractivity contribution in [1.82, 2.24) is 15.4 Å². The summed E-state index contributed by atoms with van der Waals surface area (Å²) in [5, 5.41) is 6.43. The van der Waals surface area contributed by atoms with Crippen LogP contribution >= 0.6 is 24.0 Å². The summed E-state index contributed by atoms with van der Waals surface area (Å²) in [6.45, 7) is 3.56. The summed E-state index contributed by atoms with van der Waals surface area (Å²) >= 11 is 0. The zero-order valence-corrected chi connectivity index (χ0v) is 19.4. The number of sulfonamides is 1. The molecular formula is C19H27IN4O3S. The van der Waals surface area contributed by atoms with Crippen LogP contribution in [-0.4, -0.2) is 35.1 Å².